The summed E-state index contributed by atoms with van der Waals surface area (Å²) in [5.74, 6) is 0.255. The predicted molar refractivity (Wildman–Crippen MR) is 85.4 cm³/mol. The molecule has 2 rings (SSSR count). The van der Waals surface area contributed by atoms with E-state index in [0.29, 0.717) is 13.0 Å². The molecule has 1 atom stereocenters. The zero-order valence-electron chi connectivity index (χ0n) is 13.7. The van der Waals surface area contributed by atoms with Crippen LogP contribution in [0.25, 0.3) is 0 Å². The van der Waals surface area contributed by atoms with E-state index < -0.39 is 0 Å². The molecule has 0 spiro atoms. The first-order valence-electron chi connectivity index (χ1n) is 7.85. The van der Waals surface area contributed by atoms with Gasteiger partial charge in [0, 0.05) is 19.5 Å². The monoisotopic (exact) mass is 289 g/mol. The topological polar surface area (TPSA) is 29.5 Å². The highest BCUT2D eigenvalue weighted by atomic mass is 16.5. The molecule has 1 unspecified atom stereocenters. The molecular weight excluding hydrogens is 262 g/mol. The molecule has 0 saturated carbocycles. The second kappa shape index (κ2) is 6.61. The Labute approximate surface area is 128 Å². The van der Waals surface area contributed by atoms with Crippen molar-refractivity contribution in [2.24, 2.45) is 0 Å². The van der Waals surface area contributed by atoms with Crippen LogP contribution in [0.15, 0.2) is 24.3 Å². The number of rotatable bonds is 4. The summed E-state index contributed by atoms with van der Waals surface area (Å²) in [5, 5.41) is 0. The van der Waals surface area contributed by atoms with Gasteiger partial charge in [-0.3, -0.25) is 4.79 Å². The normalized spacial score (nSPS) is 19.6. The van der Waals surface area contributed by atoms with Crippen molar-refractivity contribution in [3.63, 3.8) is 0 Å². The van der Waals surface area contributed by atoms with E-state index in [2.05, 4.69) is 45.0 Å². The zero-order chi connectivity index (χ0) is 15.5. The van der Waals surface area contributed by atoms with Crippen LogP contribution >= 0.6 is 0 Å². The summed E-state index contributed by atoms with van der Waals surface area (Å²) in [6.07, 6.45) is 1.64. The minimum absolute atomic E-state index is 0.0290. The van der Waals surface area contributed by atoms with Crippen molar-refractivity contribution in [3.8, 4) is 0 Å². The first-order valence-corrected chi connectivity index (χ1v) is 7.85. The number of aryl methyl sites for hydroxylation is 1. The standard InChI is InChI=1S/C18H27NO2/c1-14-5-7-16(8-6-14)18(3,4)10-9-17(20)19-11-12-21-15(2)13-19/h5-8,15H,9-13H2,1-4H3. The van der Waals surface area contributed by atoms with Crippen molar-refractivity contribution < 1.29 is 9.53 Å². The van der Waals surface area contributed by atoms with Crippen molar-refractivity contribution in [1.29, 1.82) is 0 Å². The molecule has 0 aromatic heterocycles. The highest BCUT2D eigenvalue weighted by molar-refractivity contribution is 5.76. The second-order valence-electron chi connectivity index (χ2n) is 6.77. The summed E-state index contributed by atoms with van der Waals surface area (Å²) in [6, 6.07) is 8.64. The number of ether oxygens (including phenoxy) is 1. The van der Waals surface area contributed by atoms with Gasteiger partial charge in [0.15, 0.2) is 0 Å². The van der Waals surface area contributed by atoms with Gasteiger partial charge in [-0.2, -0.15) is 0 Å². The minimum atomic E-state index is 0.0290. The maximum absolute atomic E-state index is 12.3. The number of morpholine rings is 1. The summed E-state index contributed by atoms with van der Waals surface area (Å²) < 4.78 is 5.49. The lowest BCUT2D eigenvalue weighted by Crippen LogP contribution is -2.44. The maximum atomic E-state index is 12.3. The number of amides is 1. The van der Waals surface area contributed by atoms with E-state index in [9.17, 15) is 4.79 Å². The largest absolute Gasteiger partial charge is 0.375 e. The third kappa shape index (κ3) is 4.31. The molecule has 1 aromatic rings. The Morgan fingerprint density at radius 1 is 1.33 bits per heavy atom. The van der Waals surface area contributed by atoms with E-state index in [1.54, 1.807) is 0 Å². The molecule has 3 heteroatoms. The van der Waals surface area contributed by atoms with Crippen LogP contribution in [0.2, 0.25) is 0 Å². The van der Waals surface area contributed by atoms with Crippen LogP contribution < -0.4 is 0 Å². The lowest BCUT2D eigenvalue weighted by atomic mass is 9.80. The molecular formula is C18H27NO2. The highest BCUT2D eigenvalue weighted by Crippen LogP contribution is 2.29. The molecule has 21 heavy (non-hydrogen) atoms. The second-order valence-corrected chi connectivity index (χ2v) is 6.77. The average molecular weight is 289 g/mol. The molecule has 1 amide bonds. The van der Waals surface area contributed by atoms with Crippen LogP contribution in [-0.4, -0.2) is 36.6 Å². The Morgan fingerprint density at radius 2 is 2.00 bits per heavy atom. The maximum Gasteiger partial charge on any atom is 0.222 e. The Balaban J connectivity index is 1.91. The molecule has 0 N–H and O–H groups in total. The van der Waals surface area contributed by atoms with Gasteiger partial charge in [0.25, 0.3) is 0 Å². The lowest BCUT2D eigenvalue weighted by molar-refractivity contribution is -0.138. The molecule has 0 bridgehead atoms. The Bertz CT molecular complexity index is 478. The predicted octanol–water partition coefficient (Wildman–Crippen LogP) is 3.30. The van der Waals surface area contributed by atoms with Gasteiger partial charge in [0.2, 0.25) is 5.91 Å². The Kier molecular flexibility index (Phi) is 5.04. The van der Waals surface area contributed by atoms with Gasteiger partial charge in [0.1, 0.15) is 0 Å². The molecule has 1 aliphatic rings. The van der Waals surface area contributed by atoms with Crippen LogP contribution in [0, 0.1) is 6.92 Å². The zero-order valence-corrected chi connectivity index (χ0v) is 13.7. The molecule has 3 nitrogen and oxygen atoms in total. The number of carbonyl (C=O) groups excluding carboxylic acids is 1. The van der Waals surface area contributed by atoms with Gasteiger partial charge in [-0.05, 0) is 31.2 Å². The fraction of sp³-hybridized carbons (Fsp3) is 0.611. The molecule has 1 aliphatic heterocycles. The summed E-state index contributed by atoms with van der Waals surface area (Å²) >= 11 is 0. The fourth-order valence-corrected chi connectivity index (χ4v) is 2.77. The van der Waals surface area contributed by atoms with Gasteiger partial charge >= 0.3 is 0 Å². The van der Waals surface area contributed by atoms with Crippen LogP contribution in [0.5, 0.6) is 0 Å². The lowest BCUT2D eigenvalue weighted by Gasteiger charge is -2.32. The average Bonchev–Trinajstić information content (AvgIpc) is 2.45. The Morgan fingerprint density at radius 3 is 2.62 bits per heavy atom. The van der Waals surface area contributed by atoms with Gasteiger partial charge in [-0.25, -0.2) is 0 Å². The van der Waals surface area contributed by atoms with Crippen LogP contribution in [-0.2, 0) is 14.9 Å². The molecule has 1 aromatic carbocycles. The SMILES string of the molecule is Cc1ccc(C(C)(C)CCC(=O)N2CCOC(C)C2)cc1. The van der Waals surface area contributed by atoms with Gasteiger partial charge < -0.3 is 9.64 Å². The van der Waals surface area contributed by atoms with E-state index in [4.69, 9.17) is 4.74 Å². The summed E-state index contributed by atoms with van der Waals surface area (Å²) in [6.45, 7) is 10.7. The fourth-order valence-electron chi connectivity index (χ4n) is 2.77. The molecule has 1 saturated heterocycles. The van der Waals surface area contributed by atoms with Crippen LogP contribution in [0.3, 0.4) is 0 Å². The van der Waals surface area contributed by atoms with Gasteiger partial charge in [0.05, 0.1) is 12.7 Å². The summed E-state index contributed by atoms with van der Waals surface area (Å²) in [4.78, 5) is 14.3. The van der Waals surface area contributed by atoms with Crippen molar-refractivity contribution >= 4 is 5.91 Å². The summed E-state index contributed by atoms with van der Waals surface area (Å²) in [5.41, 5.74) is 2.60. The van der Waals surface area contributed by atoms with Gasteiger partial charge in [-0.15, -0.1) is 0 Å². The van der Waals surface area contributed by atoms with Crippen LogP contribution in [0.1, 0.15) is 44.7 Å². The highest BCUT2D eigenvalue weighted by Gasteiger charge is 2.25. The van der Waals surface area contributed by atoms with Crippen LogP contribution in [0.4, 0.5) is 0 Å². The van der Waals surface area contributed by atoms with Gasteiger partial charge in [-0.1, -0.05) is 43.7 Å². The van der Waals surface area contributed by atoms with E-state index in [0.717, 1.165) is 19.5 Å². The first kappa shape index (κ1) is 16.0. The number of benzene rings is 1. The number of carbonyl (C=O) groups is 1. The van der Waals surface area contributed by atoms with E-state index in [1.165, 1.54) is 11.1 Å². The molecule has 1 heterocycles. The van der Waals surface area contributed by atoms with Crippen molar-refractivity contribution in [2.75, 3.05) is 19.7 Å². The van der Waals surface area contributed by atoms with Crippen molar-refractivity contribution in [1.82, 2.24) is 4.90 Å². The quantitative estimate of drug-likeness (QED) is 0.851. The summed E-state index contributed by atoms with van der Waals surface area (Å²) in [7, 11) is 0. The number of hydrogen-bond acceptors (Lipinski definition) is 2. The van der Waals surface area contributed by atoms with E-state index in [-0.39, 0.29) is 17.4 Å². The molecule has 1 fully saturated rings. The third-order valence-electron chi connectivity index (χ3n) is 4.39. The number of nitrogens with zero attached hydrogens (tertiary/aromatic N) is 1. The van der Waals surface area contributed by atoms with E-state index in [1.807, 2.05) is 11.8 Å². The smallest absolute Gasteiger partial charge is 0.222 e. The molecule has 0 radical (unpaired) electrons. The molecule has 0 aliphatic carbocycles. The van der Waals surface area contributed by atoms with E-state index >= 15 is 0 Å². The third-order valence-corrected chi connectivity index (χ3v) is 4.39. The number of hydrogen-bond donors (Lipinski definition) is 0. The molecule has 116 valence electrons. The van der Waals surface area contributed by atoms with Crippen molar-refractivity contribution in [3.05, 3.63) is 35.4 Å². The Hall–Kier alpha value is -1.35. The minimum Gasteiger partial charge on any atom is -0.375 e. The first-order chi connectivity index (χ1) is 9.88. The van der Waals surface area contributed by atoms with Crippen molar-refractivity contribution in [2.45, 2.75) is 52.1 Å².